The highest BCUT2D eigenvalue weighted by molar-refractivity contribution is 7.89. The number of para-hydroxylation sites is 1. The molecule has 0 amide bonds. The van der Waals surface area contributed by atoms with E-state index >= 15 is 0 Å². The van der Waals surface area contributed by atoms with Gasteiger partial charge < -0.3 is 10.2 Å². The van der Waals surface area contributed by atoms with Crippen LogP contribution in [-0.4, -0.2) is 34.1 Å². The SMILES string of the molecule is NS(=O)(=O)c1ccccc1N1C[C@@H]2CCCN[C@@H]2C1. The summed E-state index contributed by atoms with van der Waals surface area (Å²) in [6.07, 6.45) is 2.41. The molecule has 0 unspecified atom stereocenters. The maximum absolute atomic E-state index is 11.7. The second kappa shape index (κ2) is 4.77. The van der Waals surface area contributed by atoms with E-state index in [1.807, 2.05) is 12.1 Å². The zero-order chi connectivity index (χ0) is 13.5. The van der Waals surface area contributed by atoms with E-state index in [2.05, 4.69) is 10.2 Å². The van der Waals surface area contributed by atoms with Crippen molar-refractivity contribution in [2.75, 3.05) is 24.5 Å². The molecule has 2 heterocycles. The molecule has 104 valence electrons. The first kappa shape index (κ1) is 12.9. The lowest BCUT2D eigenvalue weighted by Crippen LogP contribution is -2.40. The first-order chi connectivity index (χ1) is 9.05. The molecular formula is C13H19N3O2S. The zero-order valence-corrected chi connectivity index (χ0v) is 11.6. The van der Waals surface area contributed by atoms with Gasteiger partial charge in [0.25, 0.3) is 0 Å². The van der Waals surface area contributed by atoms with Crippen LogP contribution in [0.2, 0.25) is 0 Å². The zero-order valence-electron chi connectivity index (χ0n) is 10.7. The van der Waals surface area contributed by atoms with Crippen molar-refractivity contribution in [3.63, 3.8) is 0 Å². The fourth-order valence-corrected chi connectivity index (χ4v) is 3.96. The molecule has 1 aromatic carbocycles. The van der Waals surface area contributed by atoms with Crippen LogP contribution in [0.4, 0.5) is 5.69 Å². The molecule has 3 N–H and O–H groups in total. The number of sulfonamides is 1. The summed E-state index contributed by atoms with van der Waals surface area (Å²) < 4.78 is 23.3. The molecule has 2 aliphatic heterocycles. The van der Waals surface area contributed by atoms with Gasteiger partial charge in [-0.2, -0.15) is 0 Å². The molecule has 2 aliphatic rings. The van der Waals surface area contributed by atoms with Crippen molar-refractivity contribution in [3.8, 4) is 0 Å². The molecule has 3 rings (SSSR count). The van der Waals surface area contributed by atoms with Crippen LogP contribution in [0.15, 0.2) is 29.2 Å². The van der Waals surface area contributed by atoms with Crippen LogP contribution in [-0.2, 0) is 10.0 Å². The van der Waals surface area contributed by atoms with Crippen molar-refractivity contribution in [1.29, 1.82) is 0 Å². The van der Waals surface area contributed by atoms with E-state index in [-0.39, 0.29) is 4.90 Å². The summed E-state index contributed by atoms with van der Waals surface area (Å²) >= 11 is 0. The summed E-state index contributed by atoms with van der Waals surface area (Å²) in [5, 5.41) is 8.82. The number of nitrogens with one attached hydrogen (secondary N) is 1. The molecule has 0 spiro atoms. The average Bonchev–Trinajstić information content (AvgIpc) is 2.81. The number of nitrogens with zero attached hydrogens (tertiary/aromatic N) is 1. The smallest absolute Gasteiger partial charge is 0.240 e. The van der Waals surface area contributed by atoms with E-state index in [1.165, 1.54) is 12.8 Å². The largest absolute Gasteiger partial charge is 0.369 e. The van der Waals surface area contributed by atoms with Gasteiger partial charge in [-0.3, -0.25) is 0 Å². The van der Waals surface area contributed by atoms with Crippen molar-refractivity contribution >= 4 is 15.7 Å². The molecule has 5 nitrogen and oxygen atoms in total. The van der Waals surface area contributed by atoms with E-state index in [4.69, 9.17) is 5.14 Å². The number of hydrogen-bond acceptors (Lipinski definition) is 4. The highest BCUT2D eigenvalue weighted by Crippen LogP contribution is 2.32. The van der Waals surface area contributed by atoms with Gasteiger partial charge in [0.05, 0.1) is 5.69 Å². The highest BCUT2D eigenvalue weighted by atomic mass is 32.2. The quantitative estimate of drug-likeness (QED) is 0.829. The van der Waals surface area contributed by atoms with Gasteiger partial charge in [-0.25, -0.2) is 13.6 Å². The first-order valence-corrected chi connectivity index (χ1v) is 8.20. The van der Waals surface area contributed by atoms with Crippen LogP contribution in [0, 0.1) is 5.92 Å². The number of benzene rings is 1. The van der Waals surface area contributed by atoms with Crippen LogP contribution >= 0.6 is 0 Å². The fourth-order valence-electron chi connectivity index (χ4n) is 3.20. The lowest BCUT2D eigenvalue weighted by atomic mass is 9.94. The number of fused-ring (bicyclic) bond motifs is 1. The fraction of sp³-hybridized carbons (Fsp3) is 0.538. The molecule has 0 aromatic heterocycles. The molecule has 19 heavy (non-hydrogen) atoms. The number of nitrogens with two attached hydrogens (primary N) is 1. The Kier molecular flexibility index (Phi) is 3.24. The van der Waals surface area contributed by atoms with Gasteiger partial charge in [0.15, 0.2) is 0 Å². The Morgan fingerprint density at radius 2 is 2.05 bits per heavy atom. The third-order valence-electron chi connectivity index (χ3n) is 4.11. The third-order valence-corrected chi connectivity index (χ3v) is 5.07. The van der Waals surface area contributed by atoms with E-state index in [0.29, 0.717) is 12.0 Å². The minimum Gasteiger partial charge on any atom is -0.369 e. The Morgan fingerprint density at radius 1 is 1.26 bits per heavy atom. The van der Waals surface area contributed by atoms with Crippen molar-refractivity contribution < 1.29 is 8.42 Å². The predicted octanol–water partition coefficient (Wildman–Crippen LogP) is 0.522. The Bertz CT molecular complexity index is 559. The van der Waals surface area contributed by atoms with Gasteiger partial charge in [-0.1, -0.05) is 12.1 Å². The van der Waals surface area contributed by atoms with E-state index < -0.39 is 10.0 Å². The number of anilines is 1. The lowest BCUT2D eigenvalue weighted by molar-refractivity contribution is 0.340. The van der Waals surface area contributed by atoms with Crippen LogP contribution in [0.1, 0.15) is 12.8 Å². The number of primary sulfonamides is 1. The van der Waals surface area contributed by atoms with E-state index in [1.54, 1.807) is 12.1 Å². The van der Waals surface area contributed by atoms with Gasteiger partial charge in [0.1, 0.15) is 4.90 Å². The molecule has 0 bridgehead atoms. The molecule has 2 saturated heterocycles. The second-order valence-electron chi connectivity index (χ2n) is 5.38. The van der Waals surface area contributed by atoms with Gasteiger partial charge in [0.2, 0.25) is 10.0 Å². The summed E-state index contributed by atoms with van der Waals surface area (Å²) in [7, 11) is -3.67. The van der Waals surface area contributed by atoms with Gasteiger partial charge in [-0.05, 0) is 37.4 Å². The summed E-state index contributed by atoms with van der Waals surface area (Å²) in [5.41, 5.74) is 0.737. The minimum absolute atomic E-state index is 0.230. The molecule has 1 aromatic rings. The molecule has 0 saturated carbocycles. The summed E-state index contributed by atoms with van der Waals surface area (Å²) in [6, 6.07) is 7.48. The van der Waals surface area contributed by atoms with E-state index in [9.17, 15) is 8.42 Å². The maximum Gasteiger partial charge on any atom is 0.240 e. The molecule has 0 aliphatic carbocycles. The van der Waals surface area contributed by atoms with Crippen molar-refractivity contribution in [2.24, 2.45) is 11.1 Å². The minimum atomic E-state index is -3.67. The predicted molar refractivity (Wildman–Crippen MR) is 74.5 cm³/mol. The Hall–Kier alpha value is -1.11. The Morgan fingerprint density at radius 3 is 2.79 bits per heavy atom. The highest BCUT2D eigenvalue weighted by Gasteiger charge is 2.35. The van der Waals surface area contributed by atoms with Gasteiger partial charge in [-0.15, -0.1) is 0 Å². The van der Waals surface area contributed by atoms with Crippen molar-refractivity contribution in [2.45, 2.75) is 23.8 Å². The third kappa shape index (κ3) is 2.48. The monoisotopic (exact) mass is 281 g/mol. The van der Waals surface area contributed by atoms with Crippen LogP contribution in [0.3, 0.4) is 0 Å². The molecule has 0 radical (unpaired) electrons. The number of rotatable bonds is 2. The topological polar surface area (TPSA) is 75.4 Å². The molecular weight excluding hydrogens is 262 g/mol. The second-order valence-corrected chi connectivity index (χ2v) is 6.91. The van der Waals surface area contributed by atoms with Crippen molar-refractivity contribution in [1.82, 2.24) is 5.32 Å². The molecule has 6 heteroatoms. The molecule has 2 atom stereocenters. The number of hydrogen-bond donors (Lipinski definition) is 2. The molecule has 2 fully saturated rings. The van der Waals surface area contributed by atoms with Crippen LogP contribution in [0.5, 0.6) is 0 Å². The van der Waals surface area contributed by atoms with E-state index in [0.717, 1.165) is 25.3 Å². The Labute approximate surface area is 113 Å². The normalized spacial score (nSPS) is 27.3. The maximum atomic E-state index is 11.7. The first-order valence-electron chi connectivity index (χ1n) is 6.66. The standard InChI is InChI=1S/C13H19N3O2S/c14-19(17,18)13-6-2-1-5-12(13)16-8-10-4-3-7-15-11(10)9-16/h1-2,5-6,10-11,15H,3-4,7-9H2,(H2,14,17,18)/t10-,11+/m0/s1. The lowest BCUT2D eigenvalue weighted by Gasteiger charge is -2.24. The van der Waals surface area contributed by atoms with Gasteiger partial charge in [0, 0.05) is 19.1 Å². The number of piperidine rings is 1. The summed E-state index contributed by atoms with van der Waals surface area (Å²) in [4.78, 5) is 2.38. The van der Waals surface area contributed by atoms with Crippen molar-refractivity contribution in [3.05, 3.63) is 24.3 Å². The van der Waals surface area contributed by atoms with Gasteiger partial charge >= 0.3 is 0 Å². The Balaban J connectivity index is 1.91. The van der Waals surface area contributed by atoms with Crippen LogP contribution < -0.4 is 15.4 Å². The average molecular weight is 281 g/mol. The summed E-state index contributed by atoms with van der Waals surface area (Å²) in [6.45, 7) is 2.83. The van der Waals surface area contributed by atoms with Crippen LogP contribution in [0.25, 0.3) is 0 Å². The summed E-state index contributed by atoms with van der Waals surface area (Å²) in [5.74, 6) is 0.613.